The second-order valence-corrected chi connectivity index (χ2v) is 8.70. The molecule has 1 saturated heterocycles. The average Bonchev–Trinajstić information content (AvgIpc) is 3.32. The molecule has 0 bridgehead atoms. The van der Waals surface area contributed by atoms with Crippen LogP contribution >= 0.6 is 0 Å². The molecule has 1 atom stereocenters. The van der Waals surface area contributed by atoms with Crippen LogP contribution in [0, 0.1) is 0 Å². The smallest absolute Gasteiger partial charge is 0.262 e. The summed E-state index contributed by atoms with van der Waals surface area (Å²) in [6, 6.07) is 15.8. The molecule has 0 spiro atoms. The van der Waals surface area contributed by atoms with Crippen molar-refractivity contribution < 1.29 is 8.42 Å². The van der Waals surface area contributed by atoms with Gasteiger partial charge in [-0.2, -0.15) is 4.31 Å². The van der Waals surface area contributed by atoms with E-state index in [-0.39, 0.29) is 11.1 Å². The van der Waals surface area contributed by atoms with E-state index in [0.717, 1.165) is 30.7 Å². The molecule has 2 aromatic heterocycles. The molecule has 0 aliphatic carbocycles. The first-order chi connectivity index (χ1) is 13.0. The fourth-order valence-electron chi connectivity index (χ4n) is 3.55. The maximum Gasteiger partial charge on any atom is 0.262 e. The van der Waals surface area contributed by atoms with Gasteiger partial charge in [0.2, 0.25) is 0 Å². The van der Waals surface area contributed by atoms with Crippen LogP contribution in [0.5, 0.6) is 0 Å². The summed E-state index contributed by atoms with van der Waals surface area (Å²) in [5.74, 6) is 0. The summed E-state index contributed by atoms with van der Waals surface area (Å²) in [6.07, 6.45) is 5.38. The normalized spacial score (nSPS) is 18.0. The van der Waals surface area contributed by atoms with Gasteiger partial charge in [0.05, 0.1) is 18.1 Å². The van der Waals surface area contributed by atoms with Crippen LogP contribution in [0.2, 0.25) is 0 Å². The maximum absolute atomic E-state index is 13.0. The molecule has 1 aromatic carbocycles. The molecule has 1 aliphatic heterocycles. The molecule has 7 heteroatoms. The Morgan fingerprint density at radius 2 is 1.93 bits per heavy atom. The second-order valence-electron chi connectivity index (χ2n) is 6.87. The van der Waals surface area contributed by atoms with Crippen molar-refractivity contribution >= 4 is 10.0 Å². The van der Waals surface area contributed by atoms with E-state index in [0.29, 0.717) is 6.54 Å². The van der Waals surface area contributed by atoms with Crippen LogP contribution in [0.25, 0.3) is 0 Å². The number of sulfonamides is 1. The molecular weight excluding hydrogens is 360 g/mol. The molecule has 6 nitrogen and oxygen atoms in total. The Bertz CT molecular complexity index is 1030. The van der Waals surface area contributed by atoms with Crippen LogP contribution in [0.3, 0.4) is 0 Å². The third-order valence-corrected chi connectivity index (χ3v) is 6.65. The highest BCUT2D eigenvalue weighted by Crippen LogP contribution is 2.35. The summed E-state index contributed by atoms with van der Waals surface area (Å²) in [5, 5.41) is 0.0948. The summed E-state index contributed by atoms with van der Waals surface area (Å²) in [4.78, 5) is 8.83. The van der Waals surface area contributed by atoms with Gasteiger partial charge in [-0.25, -0.2) is 13.4 Å². The second kappa shape index (κ2) is 7.25. The highest BCUT2D eigenvalue weighted by atomic mass is 32.2. The van der Waals surface area contributed by atoms with E-state index in [2.05, 4.69) is 17.1 Å². The summed E-state index contributed by atoms with van der Waals surface area (Å²) in [6.45, 7) is 0.494. The van der Waals surface area contributed by atoms with E-state index in [4.69, 9.17) is 4.98 Å². The highest BCUT2D eigenvalue weighted by molar-refractivity contribution is 7.89. The number of imidazole rings is 1. The summed E-state index contributed by atoms with van der Waals surface area (Å²) < 4.78 is 29.3. The standard InChI is InChI=1S/C20H22N4O2S/c1-23-14-20(21-15-23)27(25,26)24-12-6-11-19(24)18-10-5-9-17(22-18)13-16-7-3-2-4-8-16/h2-5,7-10,14-15,19H,6,11-13H2,1H3/t19-/m1/s1. The van der Waals surface area contributed by atoms with E-state index in [9.17, 15) is 8.42 Å². The van der Waals surface area contributed by atoms with Crippen LogP contribution in [-0.2, 0) is 23.5 Å². The van der Waals surface area contributed by atoms with Gasteiger partial charge in [-0.3, -0.25) is 4.98 Å². The predicted octanol–water partition coefficient (Wildman–Crippen LogP) is 2.93. The van der Waals surface area contributed by atoms with Gasteiger partial charge in [-0.05, 0) is 30.5 Å². The van der Waals surface area contributed by atoms with E-state index < -0.39 is 10.0 Å². The number of aromatic nitrogens is 3. The third kappa shape index (κ3) is 3.65. The van der Waals surface area contributed by atoms with Crippen molar-refractivity contribution in [2.75, 3.05) is 6.54 Å². The molecule has 0 radical (unpaired) electrons. The Morgan fingerprint density at radius 3 is 2.67 bits per heavy atom. The Balaban J connectivity index is 1.61. The third-order valence-electron chi connectivity index (χ3n) is 4.86. The molecular formula is C20H22N4O2S. The van der Waals surface area contributed by atoms with Crippen LogP contribution in [0.1, 0.15) is 35.8 Å². The fraction of sp³-hybridized carbons (Fsp3) is 0.300. The lowest BCUT2D eigenvalue weighted by atomic mass is 10.1. The van der Waals surface area contributed by atoms with Crippen LogP contribution < -0.4 is 0 Å². The van der Waals surface area contributed by atoms with Gasteiger partial charge >= 0.3 is 0 Å². The van der Waals surface area contributed by atoms with Gasteiger partial charge in [0.1, 0.15) is 0 Å². The molecule has 0 N–H and O–H groups in total. The van der Waals surface area contributed by atoms with Gasteiger partial charge in [0.15, 0.2) is 5.03 Å². The van der Waals surface area contributed by atoms with Crippen LogP contribution in [-0.4, -0.2) is 33.8 Å². The fourth-order valence-corrected chi connectivity index (χ4v) is 5.19. The van der Waals surface area contributed by atoms with E-state index in [1.165, 1.54) is 11.9 Å². The Kier molecular flexibility index (Phi) is 4.80. The summed E-state index contributed by atoms with van der Waals surface area (Å²) in [5.41, 5.74) is 2.94. The lowest BCUT2D eigenvalue weighted by molar-refractivity contribution is 0.388. The average molecular weight is 382 g/mol. The number of benzene rings is 1. The molecule has 4 rings (SSSR count). The largest absolute Gasteiger partial charge is 0.339 e. The predicted molar refractivity (Wildman–Crippen MR) is 103 cm³/mol. The first kappa shape index (κ1) is 17.9. The van der Waals surface area contributed by atoms with Crippen molar-refractivity contribution in [3.8, 4) is 0 Å². The monoisotopic (exact) mass is 382 g/mol. The Labute approximate surface area is 159 Å². The van der Waals surface area contributed by atoms with E-state index in [1.54, 1.807) is 22.1 Å². The minimum Gasteiger partial charge on any atom is -0.339 e. The van der Waals surface area contributed by atoms with Crippen molar-refractivity contribution in [3.05, 3.63) is 78.0 Å². The van der Waals surface area contributed by atoms with E-state index >= 15 is 0 Å². The number of pyridine rings is 1. The zero-order valence-electron chi connectivity index (χ0n) is 15.2. The van der Waals surface area contributed by atoms with Gasteiger partial charge in [-0.1, -0.05) is 36.4 Å². The molecule has 1 fully saturated rings. The summed E-state index contributed by atoms with van der Waals surface area (Å²) in [7, 11) is -1.86. The molecule has 3 heterocycles. The summed E-state index contributed by atoms with van der Waals surface area (Å²) >= 11 is 0. The lowest BCUT2D eigenvalue weighted by Crippen LogP contribution is -2.31. The number of rotatable bonds is 5. The molecule has 140 valence electrons. The number of hydrogen-bond donors (Lipinski definition) is 0. The van der Waals surface area contributed by atoms with Crippen LogP contribution in [0.4, 0.5) is 0 Å². The van der Waals surface area contributed by atoms with Gasteiger partial charge in [-0.15, -0.1) is 0 Å². The quantitative estimate of drug-likeness (QED) is 0.680. The Hall–Kier alpha value is -2.51. The molecule has 27 heavy (non-hydrogen) atoms. The van der Waals surface area contributed by atoms with Crippen LogP contribution in [0.15, 0.2) is 66.1 Å². The number of hydrogen-bond acceptors (Lipinski definition) is 4. The molecule has 0 saturated carbocycles. The minimum atomic E-state index is -3.63. The van der Waals surface area contributed by atoms with Gasteiger partial charge < -0.3 is 4.57 Å². The molecule has 0 amide bonds. The van der Waals surface area contributed by atoms with Gasteiger partial charge in [0, 0.05) is 31.9 Å². The number of nitrogens with zero attached hydrogens (tertiary/aromatic N) is 4. The van der Waals surface area contributed by atoms with Crippen molar-refractivity contribution in [2.45, 2.75) is 30.3 Å². The first-order valence-electron chi connectivity index (χ1n) is 9.03. The molecule has 3 aromatic rings. The minimum absolute atomic E-state index is 0.0948. The molecule has 0 unspecified atom stereocenters. The van der Waals surface area contributed by atoms with Crippen molar-refractivity contribution in [3.63, 3.8) is 0 Å². The van der Waals surface area contributed by atoms with E-state index in [1.807, 2.05) is 36.4 Å². The molecule has 1 aliphatic rings. The Morgan fingerprint density at radius 1 is 1.11 bits per heavy atom. The van der Waals surface area contributed by atoms with Gasteiger partial charge in [0.25, 0.3) is 10.0 Å². The zero-order valence-corrected chi connectivity index (χ0v) is 16.0. The lowest BCUT2D eigenvalue weighted by Gasteiger charge is -2.23. The maximum atomic E-state index is 13.0. The van der Waals surface area contributed by atoms with Crippen molar-refractivity contribution in [1.29, 1.82) is 0 Å². The highest BCUT2D eigenvalue weighted by Gasteiger charge is 2.38. The number of aryl methyl sites for hydroxylation is 1. The zero-order chi connectivity index (χ0) is 18.9. The first-order valence-corrected chi connectivity index (χ1v) is 10.5. The van der Waals surface area contributed by atoms with Crippen molar-refractivity contribution in [1.82, 2.24) is 18.8 Å². The topological polar surface area (TPSA) is 68.1 Å². The van der Waals surface area contributed by atoms with Crippen molar-refractivity contribution in [2.24, 2.45) is 7.05 Å². The SMILES string of the molecule is Cn1cnc(S(=O)(=O)N2CCC[C@@H]2c2cccc(Cc3ccccc3)n2)c1.